The molecule has 5 nitrogen and oxygen atoms in total. The minimum atomic E-state index is -0.554. The Morgan fingerprint density at radius 3 is 2.70 bits per heavy atom. The summed E-state index contributed by atoms with van der Waals surface area (Å²) in [5.74, 6) is -0.554. The highest BCUT2D eigenvalue weighted by Gasteiger charge is 2.14. The molecule has 0 saturated heterocycles. The first kappa shape index (κ1) is 15.4. The highest BCUT2D eigenvalue weighted by Crippen LogP contribution is 2.27. The molecule has 0 unspecified atom stereocenters. The van der Waals surface area contributed by atoms with Crippen LogP contribution in [0.3, 0.4) is 0 Å². The van der Waals surface area contributed by atoms with Crippen LogP contribution in [-0.2, 0) is 11.3 Å². The molecule has 0 spiro atoms. The molecule has 2 aromatic heterocycles. The summed E-state index contributed by atoms with van der Waals surface area (Å²) in [6, 6.07) is 7.69. The molecule has 0 aliphatic heterocycles. The first-order valence-corrected chi connectivity index (χ1v) is 7.43. The average Bonchev–Trinajstić information content (AvgIpc) is 2.57. The predicted octanol–water partition coefficient (Wildman–Crippen LogP) is 3.65. The second kappa shape index (κ2) is 6.30. The van der Waals surface area contributed by atoms with Gasteiger partial charge < -0.3 is 4.74 Å². The van der Waals surface area contributed by atoms with Gasteiger partial charge in [-0.3, -0.25) is 4.98 Å². The van der Waals surface area contributed by atoms with Crippen LogP contribution in [0.1, 0.15) is 27.4 Å². The fourth-order valence-electron chi connectivity index (χ4n) is 2.22. The van der Waals surface area contributed by atoms with Crippen molar-refractivity contribution in [3.8, 4) is 0 Å². The summed E-state index contributed by atoms with van der Waals surface area (Å²) in [6.45, 7) is 3.70. The molecule has 0 aliphatic carbocycles. The SMILES string of the molecule is Cc1cnc(C(=O)OCc2nc3ccccc3c(C)c2Cl)cn1. The number of para-hydroxylation sites is 1. The lowest BCUT2D eigenvalue weighted by molar-refractivity contribution is 0.0460. The zero-order valence-corrected chi connectivity index (χ0v) is 13.5. The molecule has 0 bridgehead atoms. The highest BCUT2D eigenvalue weighted by molar-refractivity contribution is 6.32. The van der Waals surface area contributed by atoms with E-state index in [0.29, 0.717) is 10.7 Å². The molecule has 1 aromatic carbocycles. The van der Waals surface area contributed by atoms with Crippen LogP contribution in [0.15, 0.2) is 36.7 Å². The first-order chi connectivity index (χ1) is 11.1. The Balaban J connectivity index is 1.83. The Morgan fingerprint density at radius 2 is 1.96 bits per heavy atom. The van der Waals surface area contributed by atoms with Crippen molar-refractivity contribution < 1.29 is 9.53 Å². The van der Waals surface area contributed by atoms with E-state index in [1.165, 1.54) is 12.4 Å². The van der Waals surface area contributed by atoms with E-state index in [-0.39, 0.29) is 12.3 Å². The number of ether oxygens (including phenoxy) is 1. The molecule has 3 aromatic rings. The van der Waals surface area contributed by atoms with Crippen LogP contribution in [0.25, 0.3) is 10.9 Å². The summed E-state index contributed by atoms with van der Waals surface area (Å²) in [5.41, 5.74) is 3.14. The van der Waals surface area contributed by atoms with Crippen LogP contribution < -0.4 is 0 Å². The van der Waals surface area contributed by atoms with Crippen LogP contribution in [-0.4, -0.2) is 20.9 Å². The third-order valence-corrected chi connectivity index (χ3v) is 3.98. The molecule has 0 radical (unpaired) electrons. The van der Waals surface area contributed by atoms with Crippen molar-refractivity contribution in [2.24, 2.45) is 0 Å². The molecule has 0 saturated carbocycles. The molecule has 0 fully saturated rings. The van der Waals surface area contributed by atoms with E-state index in [2.05, 4.69) is 15.0 Å². The fraction of sp³-hybridized carbons (Fsp3) is 0.176. The van der Waals surface area contributed by atoms with Crippen molar-refractivity contribution in [1.82, 2.24) is 15.0 Å². The minimum Gasteiger partial charge on any atom is -0.454 e. The van der Waals surface area contributed by atoms with Gasteiger partial charge in [0.15, 0.2) is 5.69 Å². The number of hydrogen-bond donors (Lipinski definition) is 0. The lowest BCUT2D eigenvalue weighted by Gasteiger charge is -2.10. The van der Waals surface area contributed by atoms with Crippen molar-refractivity contribution in [3.63, 3.8) is 0 Å². The van der Waals surface area contributed by atoms with Crippen LogP contribution in [0.4, 0.5) is 0 Å². The van der Waals surface area contributed by atoms with Gasteiger partial charge in [-0.25, -0.2) is 14.8 Å². The number of esters is 1. The van der Waals surface area contributed by atoms with Gasteiger partial charge in [0, 0.05) is 11.6 Å². The van der Waals surface area contributed by atoms with E-state index in [0.717, 1.165) is 22.2 Å². The van der Waals surface area contributed by atoms with Crippen LogP contribution >= 0.6 is 11.6 Å². The smallest absolute Gasteiger partial charge is 0.358 e. The number of carbonyl (C=O) groups is 1. The van der Waals surface area contributed by atoms with Gasteiger partial charge in [-0.15, -0.1) is 0 Å². The number of aromatic nitrogens is 3. The van der Waals surface area contributed by atoms with Crippen molar-refractivity contribution in [3.05, 3.63) is 64.3 Å². The van der Waals surface area contributed by atoms with Crippen molar-refractivity contribution in [2.75, 3.05) is 0 Å². The molecular weight excluding hydrogens is 314 g/mol. The second-order valence-corrected chi connectivity index (χ2v) is 5.51. The largest absolute Gasteiger partial charge is 0.454 e. The highest BCUT2D eigenvalue weighted by atomic mass is 35.5. The number of aryl methyl sites for hydroxylation is 2. The molecule has 0 amide bonds. The number of benzene rings is 1. The molecule has 6 heteroatoms. The van der Waals surface area contributed by atoms with Gasteiger partial charge in [0.05, 0.1) is 28.1 Å². The van der Waals surface area contributed by atoms with Gasteiger partial charge in [0.1, 0.15) is 6.61 Å². The summed E-state index contributed by atoms with van der Waals surface area (Å²) in [4.78, 5) is 24.5. The Morgan fingerprint density at radius 1 is 1.17 bits per heavy atom. The van der Waals surface area contributed by atoms with E-state index >= 15 is 0 Å². The number of nitrogens with zero attached hydrogens (tertiary/aromatic N) is 3. The molecule has 116 valence electrons. The monoisotopic (exact) mass is 327 g/mol. The van der Waals surface area contributed by atoms with Gasteiger partial charge in [-0.05, 0) is 25.5 Å². The Bertz CT molecular complexity index is 879. The number of pyridine rings is 1. The molecule has 23 heavy (non-hydrogen) atoms. The Hall–Kier alpha value is -2.53. The third kappa shape index (κ3) is 3.14. The predicted molar refractivity (Wildman–Crippen MR) is 87.4 cm³/mol. The second-order valence-electron chi connectivity index (χ2n) is 5.13. The molecule has 0 aliphatic rings. The molecule has 2 heterocycles. The fourth-order valence-corrected chi connectivity index (χ4v) is 2.42. The zero-order valence-electron chi connectivity index (χ0n) is 12.7. The summed E-state index contributed by atoms with van der Waals surface area (Å²) in [6.07, 6.45) is 2.90. The Kier molecular flexibility index (Phi) is 4.21. The summed E-state index contributed by atoms with van der Waals surface area (Å²) in [5, 5.41) is 1.49. The van der Waals surface area contributed by atoms with Gasteiger partial charge in [0.2, 0.25) is 0 Å². The molecule has 0 N–H and O–H groups in total. The van der Waals surface area contributed by atoms with Crippen LogP contribution in [0.5, 0.6) is 0 Å². The first-order valence-electron chi connectivity index (χ1n) is 7.05. The summed E-state index contributed by atoms with van der Waals surface area (Å²) < 4.78 is 5.25. The van der Waals surface area contributed by atoms with Crippen molar-refractivity contribution in [2.45, 2.75) is 20.5 Å². The van der Waals surface area contributed by atoms with Crippen LogP contribution in [0.2, 0.25) is 5.02 Å². The maximum Gasteiger partial charge on any atom is 0.358 e. The number of fused-ring (bicyclic) bond motifs is 1. The summed E-state index contributed by atoms with van der Waals surface area (Å²) >= 11 is 6.34. The maximum absolute atomic E-state index is 12.0. The number of halogens is 1. The topological polar surface area (TPSA) is 65.0 Å². The van der Waals surface area contributed by atoms with Gasteiger partial charge in [0.25, 0.3) is 0 Å². The molecule has 0 atom stereocenters. The normalized spacial score (nSPS) is 10.7. The van der Waals surface area contributed by atoms with Gasteiger partial charge >= 0.3 is 5.97 Å². The maximum atomic E-state index is 12.0. The standard InChI is InChI=1S/C17H14ClN3O2/c1-10-7-20-14(8-19-10)17(22)23-9-15-16(18)11(2)12-5-3-4-6-13(12)21-15/h3-8H,9H2,1-2H3. The summed E-state index contributed by atoms with van der Waals surface area (Å²) in [7, 11) is 0. The van der Waals surface area contributed by atoms with Gasteiger partial charge in [-0.1, -0.05) is 29.8 Å². The third-order valence-electron chi connectivity index (χ3n) is 3.48. The quantitative estimate of drug-likeness (QED) is 0.687. The van der Waals surface area contributed by atoms with Crippen molar-refractivity contribution >= 4 is 28.5 Å². The number of carbonyl (C=O) groups excluding carboxylic acids is 1. The van der Waals surface area contributed by atoms with Crippen LogP contribution in [0, 0.1) is 13.8 Å². The van der Waals surface area contributed by atoms with E-state index in [9.17, 15) is 4.79 Å². The lowest BCUT2D eigenvalue weighted by atomic mass is 10.1. The zero-order chi connectivity index (χ0) is 16.4. The molecular formula is C17H14ClN3O2. The average molecular weight is 328 g/mol. The van der Waals surface area contributed by atoms with E-state index in [1.54, 1.807) is 6.92 Å². The van der Waals surface area contributed by atoms with E-state index < -0.39 is 5.97 Å². The number of rotatable bonds is 3. The minimum absolute atomic E-state index is 0.0150. The van der Waals surface area contributed by atoms with Crippen molar-refractivity contribution in [1.29, 1.82) is 0 Å². The Labute approximate surface area is 138 Å². The lowest BCUT2D eigenvalue weighted by Crippen LogP contribution is -2.09. The van der Waals surface area contributed by atoms with E-state index in [1.807, 2.05) is 31.2 Å². The van der Waals surface area contributed by atoms with E-state index in [4.69, 9.17) is 16.3 Å². The number of hydrogen-bond acceptors (Lipinski definition) is 5. The van der Waals surface area contributed by atoms with Gasteiger partial charge in [-0.2, -0.15) is 0 Å². The molecule has 3 rings (SSSR count).